The SMILES string of the molecule is CCOc1ncccc1CNC(=O)C1CCN(C(=O)OC(C)(C)C)CC1. The van der Waals surface area contributed by atoms with E-state index in [0.717, 1.165) is 5.56 Å². The number of ether oxygens (including phenoxy) is 2. The zero-order chi connectivity index (χ0) is 19.2. The summed E-state index contributed by atoms with van der Waals surface area (Å²) in [6.45, 7) is 9.42. The predicted molar refractivity (Wildman–Crippen MR) is 97.8 cm³/mol. The number of hydrogen-bond acceptors (Lipinski definition) is 5. The maximum absolute atomic E-state index is 12.4. The molecule has 0 radical (unpaired) electrons. The summed E-state index contributed by atoms with van der Waals surface area (Å²) >= 11 is 0. The predicted octanol–water partition coefficient (Wildman–Crippen LogP) is 2.74. The molecule has 1 saturated heterocycles. The molecule has 1 aliphatic rings. The quantitative estimate of drug-likeness (QED) is 0.870. The summed E-state index contributed by atoms with van der Waals surface area (Å²) in [6, 6.07) is 3.71. The van der Waals surface area contributed by atoms with Crippen LogP contribution in [0, 0.1) is 5.92 Å². The fourth-order valence-electron chi connectivity index (χ4n) is 2.80. The molecule has 144 valence electrons. The van der Waals surface area contributed by atoms with E-state index in [4.69, 9.17) is 9.47 Å². The van der Waals surface area contributed by atoms with Crippen molar-refractivity contribution in [1.82, 2.24) is 15.2 Å². The van der Waals surface area contributed by atoms with E-state index in [1.54, 1.807) is 11.1 Å². The molecule has 26 heavy (non-hydrogen) atoms. The first-order valence-corrected chi connectivity index (χ1v) is 9.12. The molecule has 1 aliphatic heterocycles. The van der Waals surface area contributed by atoms with E-state index in [1.807, 2.05) is 39.8 Å². The van der Waals surface area contributed by atoms with Crippen molar-refractivity contribution in [2.75, 3.05) is 19.7 Å². The smallest absolute Gasteiger partial charge is 0.410 e. The first-order valence-electron chi connectivity index (χ1n) is 9.12. The summed E-state index contributed by atoms with van der Waals surface area (Å²) in [5, 5.41) is 2.96. The molecule has 0 spiro atoms. The second-order valence-corrected chi connectivity index (χ2v) is 7.36. The number of aromatic nitrogens is 1. The Morgan fingerprint density at radius 1 is 1.31 bits per heavy atom. The molecule has 7 nitrogen and oxygen atoms in total. The second-order valence-electron chi connectivity index (χ2n) is 7.36. The number of nitrogens with zero attached hydrogens (tertiary/aromatic N) is 2. The van der Waals surface area contributed by atoms with Crippen LogP contribution in [0.5, 0.6) is 5.88 Å². The van der Waals surface area contributed by atoms with Gasteiger partial charge in [0, 0.05) is 37.3 Å². The Labute approximate surface area is 155 Å². The van der Waals surface area contributed by atoms with Crippen LogP contribution in [0.25, 0.3) is 0 Å². The van der Waals surface area contributed by atoms with E-state index >= 15 is 0 Å². The third-order valence-corrected chi connectivity index (χ3v) is 4.10. The van der Waals surface area contributed by atoms with Crippen molar-refractivity contribution in [2.24, 2.45) is 5.92 Å². The molecule has 0 atom stereocenters. The Balaban J connectivity index is 1.81. The van der Waals surface area contributed by atoms with E-state index in [1.165, 1.54) is 0 Å². The van der Waals surface area contributed by atoms with Crippen LogP contribution in [0.2, 0.25) is 0 Å². The third kappa shape index (κ3) is 5.89. The first kappa shape index (κ1) is 20.0. The minimum Gasteiger partial charge on any atom is -0.478 e. The maximum atomic E-state index is 12.4. The Morgan fingerprint density at radius 2 is 2.00 bits per heavy atom. The monoisotopic (exact) mass is 363 g/mol. The lowest BCUT2D eigenvalue weighted by Crippen LogP contribution is -2.44. The van der Waals surface area contributed by atoms with Gasteiger partial charge in [0.15, 0.2) is 0 Å². The molecule has 1 aromatic rings. The van der Waals surface area contributed by atoms with Crippen molar-refractivity contribution in [2.45, 2.75) is 52.7 Å². The third-order valence-electron chi connectivity index (χ3n) is 4.10. The summed E-state index contributed by atoms with van der Waals surface area (Å²) in [7, 11) is 0. The standard InChI is InChI=1S/C19H29N3O4/c1-5-25-17-15(7-6-10-20-17)13-21-16(23)14-8-11-22(12-9-14)18(24)26-19(2,3)4/h6-7,10,14H,5,8-9,11-13H2,1-4H3,(H,21,23). The van der Waals surface area contributed by atoms with Crippen LogP contribution in [0.1, 0.15) is 46.1 Å². The van der Waals surface area contributed by atoms with Crippen molar-refractivity contribution in [1.29, 1.82) is 0 Å². The number of amides is 2. The average molecular weight is 363 g/mol. The lowest BCUT2D eigenvalue weighted by molar-refractivity contribution is -0.126. The van der Waals surface area contributed by atoms with Gasteiger partial charge in [-0.3, -0.25) is 4.79 Å². The molecule has 1 fully saturated rings. The van der Waals surface area contributed by atoms with Crippen LogP contribution >= 0.6 is 0 Å². The highest BCUT2D eigenvalue weighted by molar-refractivity contribution is 5.79. The number of likely N-dealkylation sites (tertiary alicyclic amines) is 1. The van der Waals surface area contributed by atoms with Gasteiger partial charge in [0.2, 0.25) is 11.8 Å². The highest BCUT2D eigenvalue weighted by atomic mass is 16.6. The Kier molecular flexibility index (Phi) is 6.83. The topological polar surface area (TPSA) is 80.8 Å². The Bertz CT molecular complexity index is 619. The summed E-state index contributed by atoms with van der Waals surface area (Å²) in [5.74, 6) is 0.455. The van der Waals surface area contributed by atoms with Gasteiger partial charge in [-0.05, 0) is 46.6 Å². The van der Waals surface area contributed by atoms with Crippen LogP contribution < -0.4 is 10.1 Å². The van der Waals surface area contributed by atoms with E-state index in [9.17, 15) is 9.59 Å². The van der Waals surface area contributed by atoms with Crippen molar-refractivity contribution in [3.63, 3.8) is 0 Å². The maximum Gasteiger partial charge on any atom is 0.410 e. The lowest BCUT2D eigenvalue weighted by atomic mass is 9.96. The highest BCUT2D eigenvalue weighted by Gasteiger charge is 2.29. The summed E-state index contributed by atoms with van der Waals surface area (Å²) in [5.41, 5.74) is 0.349. The molecule has 0 aromatic carbocycles. The van der Waals surface area contributed by atoms with Crippen LogP contribution in [0.4, 0.5) is 4.79 Å². The highest BCUT2D eigenvalue weighted by Crippen LogP contribution is 2.20. The molecular weight excluding hydrogens is 334 g/mol. The minimum atomic E-state index is -0.507. The van der Waals surface area contributed by atoms with Crippen LogP contribution in [-0.4, -0.2) is 47.2 Å². The van der Waals surface area contributed by atoms with Gasteiger partial charge in [-0.1, -0.05) is 6.07 Å². The van der Waals surface area contributed by atoms with Gasteiger partial charge in [0.1, 0.15) is 5.60 Å². The number of hydrogen-bond donors (Lipinski definition) is 1. The number of carbonyl (C=O) groups is 2. The molecule has 0 aliphatic carbocycles. The molecule has 0 unspecified atom stereocenters. The zero-order valence-electron chi connectivity index (χ0n) is 16.1. The van der Waals surface area contributed by atoms with Gasteiger partial charge in [-0.2, -0.15) is 0 Å². The van der Waals surface area contributed by atoms with E-state index in [0.29, 0.717) is 45.0 Å². The fourth-order valence-corrected chi connectivity index (χ4v) is 2.80. The number of carbonyl (C=O) groups excluding carboxylic acids is 2. The Morgan fingerprint density at radius 3 is 2.62 bits per heavy atom. The molecule has 7 heteroatoms. The summed E-state index contributed by atoms with van der Waals surface area (Å²) in [6.07, 6.45) is 2.63. The van der Waals surface area contributed by atoms with Crippen LogP contribution in [0.3, 0.4) is 0 Å². The molecule has 2 rings (SSSR count). The largest absolute Gasteiger partial charge is 0.478 e. The van der Waals surface area contributed by atoms with Crippen molar-refractivity contribution >= 4 is 12.0 Å². The molecule has 0 saturated carbocycles. The van der Waals surface area contributed by atoms with Gasteiger partial charge in [0.25, 0.3) is 0 Å². The average Bonchev–Trinajstić information content (AvgIpc) is 2.59. The molecular formula is C19H29N3O4. The van der Waals surface area contributed by atoms with Crippen LogP contribution in [-0.2, 0) is 16.1 Å². The van der Waals surface area contributed by atoms with E-state index in [2.05, 4.69) is 10.3 Å². The second kappa shape index (κ2) is 8.87. The van der Waals surface area contributed by atoms with Crippen molar-refractivity contribution < 1.29 is 19.1 Å². The number of nitrogens with one attached hydrogen (secondary N) is 1. The number of piperidine rings is 1. The van der Waals surface area contributed by atoms with Gasteiger partial charge >= 0.3 is 6.09 Å². The molecule has 1 aromatic heterocycles. The molecule has 2 heterocycles. The van der Waals surface area contributed by atoms with Gasteiger partial charge in [-0.15, -0.1) is 0 Å². The van der Waals surface area contributed by atoms with Crippen molar-refractivity contribution in [3.8, 4) is 5.88 Å². The lowest BCUT2D eigenvalue weighted by Gasteiger charge is -2.32. The summed E-state index contributed by atoms with van der Waals surface area (Å²) < 4.78 is 10.9. The van der Waals surface area contributed by atoms with Crippen molar-refractivity contribution in [3.05, 3.63) is 23.9 Å². The van der Waals surface area contributed by atoms with Gasteiger partial charge < -0.3 is 19.7 Å². The number of pyridine rings is 1. The van der Waals surface area contributed by atoms with Crippen LogP contribution in [0.15, 0.2) is 18.3 Å². The fraction of sp³-hybridized carbons (Fsp3) is 0.632. The molecule has 1 N–H and O–H groups in total. The first-order chi connectivity index (χ1) is 12.3. The molecule has 0 bridgehead atoms. The Hall–Kier alpha value is -2.31. The number of rotatable bonds is 5. The summed E-state index contributed by atoms with van der Waals surface area (Å²) in [4.78, 5) is 30.4. The normalized spacial score (nSPS) is 15.5. The zero-order valence-corrected chi connectivity index (χ0v) is 16.1. The van der Waals surface area contributed by atoms with E-state index in [-0.39, 0.29) is 17.9 Å². The van der Waals surface area contributed by atoms with E-state index < -0.39 is 5.60 Å². The minimum absolute atomic E-state index is 0.000130. The van der Waals surface area contributed by atoms with Gasteiger partial charge in [0.05, 0.1) is 6.61 Å². The molecule has 2 amide bonds. The van der Waals surface area contributed by atoms with Gasteiger partial charge in [-0.25, -0.2) is 9.78 Å².